The number of benzene rings is 1. The molecule has 2 fully saturated rings. The molecule has 2 unspecified atom stereocenters. The Morgan fingerprint density at radius 3 is 2.43 bits per heavy atom. The number of carbonyl (C=O) groups is 5. The number of amides is 4. The first-order valence-electron chi connectivity index (χ1n) is 11.4. The van der Waals surface area contributed by atoms with Gasteiger partial charge >= 0.3 is 5.97 Å². The first kappa shape index (κ1) is 26.5. The van der Waals surface area contributed by atoms with Crippen LogP contribution >= 0.6 is 11.8 Å². The predicted octanol–water partition coefficient (Wildman–Crippen LogP) is -0.281. The van der Waals surface area contributed by atoms with Gasteiger partial charge in [0.05, 0.1) is 12.5 Å². The Kier molecular flexibility index (Phi) is 8.06. The second-order valence-electron chi connectivity index (χ2n) is 9.10. The van der Waals surface area contributed by atoms with Gasteiger partial charge in [-0.25, -0.2) is 4.79 Å². The summed E-state index contributed by atoms with van der Waals surface area (Å²) >= 11 is 1.31. The zero-order valence-electron chi connectivity index (χ0n) is 19.8. The van der Waals surface area contributed by atoms with E-state index in [0.717, 1.165) is 6.42 Å². The molecule has 0 spiro atoms. The molecule has 190 valence electrons. The summed E-state index contributed by atoms with van der Waals surface area (Å²) in [4.78, 5) is 63.6. The summed E-state index contributed by atoms with van der Waals surface area (Å²) in [6, 6.07) is 4.18. The van der Waals surface area contributed by atoms with Gasteiger partial charge in [0.2, 0.25) is 23.6 Å². The number of nitrogens with one attached hydrogen (secondary N) is 3. The van der Waals surface area contributed by atoms with Crippen molar-refractivity contribution in [2.24, 2.45) is 5.73 Å². The van der Waals surface area contributed by atoms with E-state index in [1.54, 1.807) is 44.2 Å². The average Bonchev–Trinajstić information content (AvgIpc) is 3.07. The maximum absolute atomic E-state index is 13.2. The van der Waals surface area contributed by atoms with Crippen LogP contribution in [0.3, 0.4) is 0 Å². The Balaban J connectivity index is 1.71. The Morgan fingerprint density at radius 1 is 1.17 bits per heavy atom. The zero-order valence-corrected chi connectivity index (χ0v) is 20.6. The second-order valence-corrected chi connectivity index (χ2v) is 10.9. The van der Waals surface area contributed by atoms with Crippen LogP contribution in [-0.4, -0.2) is 74.4 Å². The van der Waals surface area contributed by atoms with Gasteiger partial charge in [-0.3, -0.25) is 19.2 Å². The highest BCUT2D eigenvalue weighted by Gasteiger charge is 2.64. The van der Waals surface area contributed by atoms with E-state index < -0.39 is 58.0 Å². The summed E-state index contributed by atoms with van der Waals surface area (Å²) < 4.78 is -0.732. The lowest BCUT2D eigenvalue weighted by Crippen LogP contribution is -2.71. The molecule has 3 rings (SSSR count). The number of carboxylic acids is 1. The topological polar surface area (TPSA) is 171 Å². The molecule has 11 nitrogen and oxygen atoms in total. The Labute approximate surface area is 207 Å². The van der Waals surface area contributed by atoms with Gasteiger partial charge in [-0.15, -0.1) is 11.8 Å². The highest BCUT2D eigenvalue weighted by Crippen LogP contribution is 2.50. The molecule has 0 aliphatic carbocycles. The van der Waals surface area contributed by atoms with Crippen LogP contribution in [-0.2, 0) is 24.0 Å². The minimum atomic E-state index is -1.17. The molecular weight excluding hydrogens is 474 g/mol. The second kappa shape index (κ2) is 10.6. The lowest BCUT2D eigenvalue weighted by atomic mass is 9.95. The lowest BCUT2D eigenvalue weighted by Gasteiger charge is -2.44. The van der Waals surface area contributed by atoms with E-state index in [-0.39, 0.29) is 12.3 Å². The van der Waals surface area contributed by atoms with Gasteiger partial charge in [-0.2, -0.15) is 0 Å². The number of rotatable bonds is 10. The van der Waals surface area contributed by atoms with Gasteiger partial charge < -0.3 is 31.7 Å². The fourth-order valence-electron chi connectivity index (χ4n) is 4.21. The highest BCUT2D eigenvalue weighted by atomic mass is 32.2. The number of nitrogens with two attached hydrogens (primary N) is 1. The van der Waals surface area contributed by atoms with Crippen LogP contribution in [0.4, 0.5) is 0 Å². The van der Waals surface area contributed by atoms with E-state index in [1.165, 1.54) is 16.7 Å². The predicted molar refractivity (Wildman–Crippen MR) is 129 cm³/mol. The molecule has 2 heterocycles. The fraction of sp³-hybridized carbons (Fsp3) is 0.522. The molecule has 2 aliphatic rings. The van der Waals surface area contributed by atoms with E-state index in [9.17, 15) is 29.1 Å². The Morgan fingerprint density at radius 2 is 1.83 bits per heavy atom. The van der Waals surface area contributed by atoms with Crippen LogP contribution in [0.1, 0.15) is 45.2 Å². The van der Waals surface area contributed by atoms with Crippen molar-refractivity contribution >= 4 is 41.4 Å². The molecule has 0 saturated carbocycles. The molecule has 2 aliphatic heterocycles. The molecule has 4 amide bonds. The van der Waals surface area contributed by atoms with Crippen LogP contribution in [0.5, 0.6) is 0 Å². The summed E-state index contributed by atoms with van der Waals surface area (Å²) in [6.45, 7) is 5.85. The van der Waals surface area contributed by atoms with Gasteiger partial charge in [0.1, 0.15) is 23.5 Å². The SMILES string of the molecule is CCCNC(=O)CC(N)C(=O)NC(C(=O)N[C@@H]1C(=O)N2[C@@H]1SC(C)(C)[C@@H]2C(=O)O)c1ccccc1. The number of hydrogen-bond donors (Lipinski definition) is 5. The summed E-state index contributed by atoms with van der Waals surface area (Å²) in [7, 11) is 0. The molecule has 6 N–H and O–H groups in total. The standard InChI is InChI=1S/C23H31N5O6S/c1-4-10-25-14(29)11-13(24)18(30)26-15(12-8-6-5-7-9-12)19(31)27-16-20(32)28-17(22(33)34)23(2,3)35-21(16)28/h5-9,13,15-17,21H,4,10-11,24H2,1-3H3,(H,25,29)(H,26,30)(H,27,31)(H,33,34)/t13?,15?,16-,17+,21-/m1/s1. The molecule has 0 aromatic heterocycles. The smallest absolute Gasteiger partial charge is 0.327 e. The van der Waals surface area contributed by atoms with Crippen molar-refractivity contribution in [3.05, 3.63) is 35.9 Å². The lowest BCUT2D eigenvalue weighted by molar-refractivity contribution is -0.161. The number of fused-ring (bicyclic) bond motifs is 1. The van der Waals surface area contributed by atoms with Gasteiger partial charge in [-0.1, -0.05) is 37.3 Å². The summed E-state index contributed by atoms with van der Waals surface area (Å²) in [5, 5.41) is 16.9. The first-order chi connectivity index (χ1) is 16.5. The number of aliphatic carboxylic acids is 1. The molecule has 2 saturated heterocycles. The van der Waals surface area contributed by atoms with Crippen molar-refractivity contribution in [2.45, 2.75) is 67.9 Å². The van der Waals surface area contributed by atoms with Crippen molar-refractivity contribution in [1.29, 1.82) is 0 Å². The average molecular weight is 506 g/mol. The van der Waals surface area contributed by atoms with E-state index in [0.29, 0.717) is 12.1 Å². The number of nitrogens with zero attached hydrogens (tertiary/aromatic N) is 1. The van der Waals surface area contributed by atoms with Gasteiger partial charge in [-0.05, 0) is 25.8 Å². The summed E-state index contributed by atoms with van der Waals surface area (Å²) in [5.74, 6) is -3.29. The van der Waals surface area contributed by atoms with Crippen LogP contribution in [0.15, 0.2) is 30.3 Å². The van der Waals surface area contributed by atoms with Crippen molar-refractivity contribution < 1.29 is 29.1 Å². The van der Waals surface area contributed by atoms with E-state index in [1.807, 2.05) is 6.92 Å². The van der Waals surface area contributed by atoms with Gasteiger partial charge in [0.15, 0.2) is 0 Å². The zero-order chi connectivity index (χ0) is 25.9. The normalized spacial score (nSPS) is 23.9. The number of β-lactam (4-membered cyclic amide) rings is 1. The van der Waals surface area contributed by atoms with Crippen LogP contribution in [0.25, 0.3) is 0 Å². The monoisotopic (exact) mass is 505 g/mol. The number of hydrogen-bond acceptors (Lipinski definition) is 7. The maximum atomic E-state index is 13.2. The molecular formula is C23H31N5O6S. The number of carboxylic acid groups (broad SMARTS) is 1. The summed E-state index contributed by atoms with van der Waals surface area (Å²) in [5.41, 5.74) is 6.36. The van der Waals surface area contributed by atoms with Crippen molar-refractivity contribution in [1.82, 2.24) is 20.9 Å². The molecule has 12 heteroatoms. The van der Waals surface area contributed by atoms with Crippen molar-refractivity contribution in [3.63, 3.8) is 0 Å². The minimum Gasteiger partial charge on any atom is -0.480 e. The minimum absolute atomic E-state index is 0.241. The molecule has 1 aromatic rings. The molecule has 5 atom stereocenters. The van der Waals surface area contributed by atoms with Crippen molar-refractivity contribution in [2.75, 3.05) is 6.54 Å². The quantitative estimate of drug-likeness (QED) is 0.270. The molecule has 1 aromatic carbocycles. The third-order valence-corrected chi connectivity index (χ3v) is 7.54. The van der Waals surface area contributed by atoms with Gasteiger partial charge in [0, 0.05) is 11.3 Å². The Bertz CT molecular complexity index is 1000. The first-order valence-corrected chi connectivity index (χ1v) is 12.3. The number of thioether (sulfide) groups is 1. The van der Waals surface area contributed by atoms with E-state index in [4.69, 9.17) is 5.73 Å². The van der Waals surface area contributed by atoms with Gasteiger partial charge in [0.25, 0.3) is 0 Å². The molecule has 35 heavy (non-hydrogen) atoms. The van der Waals surface area contributed by atoms with E-state index >= 15 is 0 Å². The third kappa shape index (κ3) is 5.59. The third-order valence-electron chi connectivity index (χ3n) is 5.97. The molecule has 0 radical (unpaired) electrons. The van der Waals surface area contributed by atoms with Crippen LogP contribution < -0.4 is 21.7 Å². The maximum Gasteiger partial charge on any atom is 0.327 e. The van der Waals surface area contributed by atoms with Crippen LogP contribution in [0.2, 0.25) is 0 Å². The molecule has 0 bridgehead atoms. The summed E-state index contributed by atoms with van der Waals surface area (Å²) in [6.07, 6.45) is 0.500. The van der Waals surface area contributed by atoms with E-state index in [2.05, 4.69) is 16.0 Å². The number of carbonyl (C=O) groups excluding carboxylic acids is 4. The van der Waals surface area contributed by atoms with Crippen LogP contribution in [0, 0.1) is 0 Å². The Hall–Kier alpha value is -3.12. The highest BCUT2D eigenvalue weighted by molar-refractivity contribution is 8.01. The largest absolute Gasteiger partial charge is 0.480 e. The fourth-order valence-corrected chi connectivity index (χ4v) is 5.83. The van der Waals surface area contributed by atoms with Crippen molar-refractivity contribution in [3.8, 4) is 0 Å².